The Hall–Kier alpha value is -1.48. The number of imidazole rings is 1. The van der Waals surface area contributed by atoms with Crippen LogP contribution in [0.25, 0.3) is 11.2 Å². The van der Waals surface area contributed by atoms with Crippen molar-refractivity contribution in [2.45, 2.75) is 23.8 Å². The van der Waals surface area contributed by atoms with Gasteiger partial charge < -0.3 is 20.7 Å². The molecule has 2 unspecified atom stereocenters. The van der Waals surface area contributed by atoms with Crippen molar-refractivity contribution >= 4 is 28.6 Å². The average Bonchev–Trinajstić information content (AvgIpc) is 2.94. The van der Waals surface area contributed by atoms with Crippen molar-refractivity contribution in [1.82, 2.24) is 19.5 Å². The molecule has 1 fully saturated rings. The first-order chi connectivity index (χ1) is 9.13. The van der Waals surface area contributed by atoms with Gasteiger partial charge in [-0.1, -0.05) is 0 Å². The molecule has 1 aliphatic rings. The molecule has 102 valence electrons. The van der Waals surface area contributed by atoms with Gasteiger partial charge in [-0.25, -0.2) is 15.0 Å². The van der Waals surface area contributed by atoms with Crippen LogP contribution in [0, 0.1) is 0 Å². The van der Waals surface area contributed by atoms with Gasteiger partial charge in [-0.05, 0) is 0 Å². The van der Waals surface area contributed by atoms with Crippen molar-refractivity contribution in [3.05, 3.63) is 12.7 Å². The number of nitrogens with two attached hydrogens (primary N) is 1. The van der Waals surface area contributed by atoms with Gasteiger partial charge in [-0.15, -0.1) is 11.6 Å². The SMILES string of the molecule is Nc1ncnc2c1ncn2[C@@H]1OC(CO)C(O)[C@@H]1Cl. The highest BCUT2D eigenvalue weighted by Gasteiger charge is 2.43. The lowest BCUT2D eigenvalue weighted by molar-refractivity contribution is -0.0431. The van der Waals surface area contributed by atoms with E-state index in [2.05, 4.69) is 15.0 Å². The number of aliphatic hydroxyl groups is 2. The van der Waals surface area contributed by atoms with E-state index in [1.165, 1.54) is 12.7 Å². The van der Waals surface area contributed by atoms with Crippen molar-refractivity contribution in [3.8, 4) is 0 Å². The lowest BCUT2D eigenvalue weighted by Gasteiger charge is -2.15. The summed E-state index contributed by atoms with van der Waals surface area (Å²) in [5.41, 5.74) is 6.60. The van der Waals surface area contributed by atoms with Crippen molar-refractivity contribution < 1.29 is 14.9 Å². The molecule has 2 aromatic rings. The Bertz CT molecular complexity index is 606. The summed E-state index contributed by atoms with van der Waals surface area (Å²) in [5.74, 6) is 0.257. The third-order valence-electron chi connectivity index (χ3n) is 3.13. The fourth-order valence-corrected chi connectivity index (χ4v) is 2.48. The van der Waals surface area contributed by atoms with Crippen molar-refractivity contribution in [2.75, 3.05) is 12.3 Å². The van der Waals surface area contributed by atoms with Gasteiger partial charge in [0.1, 0.15) is 29.4 Å². The second kappa shape index (κ2) is 4.57. The van der Waals surface area contributed by atoms with E-state index in [1.54, 1.807) is 4.57 Å². The van der Waals surface area contributed by atoms with Crippen molar-refractivity contribution in [3.63, 3.8) is 0 Å². The van der Waals surface area contributed by atoms with Crippen molar-refractivity contribution in [1.29, 1.82) is 0 Å². The maximum Gasteiger partial charge on any atom is 0.167 e. The Kier molecular flexibility index (Phi) is 3.02. The minimum absolute atomic E-state index is 0.257. The van der Waals surface area contributed by atoms with E-state index in [9.17, 15) is 5.11 Å². The van der Waals surface area contributed by atoms with Gasteiger partial charge in [0.2, 0.25) is 0 Å². The molecule has 8 nitrogen and oxygen atoms in total. The van der Waals surface area contributed by atoms with Crippen LogP contribution in [0.1, 0.15) is 6.23 Å². The highest BCUT2D eigenvalue weighted by molar-refractivity contribution is 6.21. The summed E-state index contributed by atoms with van der Waals surface area (Å²) >= 11 is 6.12. The number of halogens is 1. The first-order valence-corrected chi connectivity index (χ1v) is 6.08. The Morgan fingerprint density at radius 2 is 2.21 bits per heavy atom. The molecule has 2 aromatic heterocycles. The lowest BCUT2D eigenvalue weighted by Crippen LogP contribution is -2.29. The highest BCUT2D eigenvalue weighted by Crippen LogP contribution is 2.35. The number of nitrogen functional groups attached to an aromatic ring is 1. The molecule has 0 aromatic carbocycles. The number of aromatic nitrogens is 4. The fraction of sp³-hybridized carbons (Fsp3) is 0.500. The largest absolute Gasteiger partial charge is 0.394 e. The van der Waals surface area contributed by atoms with Crippen LogP contribution < -0.4 is 5.73 Å². The molecule has 1 aliphatic heterocycles. The summed E-state index contributed by atoms with van der Waals surface area (Å²) < 4.78 is 7.09. The smallest absolute Gasteiger partial charge is 0.167 e. The van der Waals surface area contributed by atoms with Crippen LogP contribution in [-0.4, -0.2) is 53.9 Å². The number of nitrogens with zero attached hydrogens (tertiary/aromatic N) is 4. The molecule has 1 saturated heterocycles. The number of anilines is 1. The molecule has 0 bridgehead atoms. The molecule has 4 atom stereocenters. The topological polar surface area (TPSA) is 119 Å². The zero-order valence-corrected chi connectivity index (χ0v) is 10.5. The van der Waals surface area contributed by atoms with Crippen LogP contribution >= 0.6 is 11.6 Å². The third kappa shape index (κ3) is 1.84. The maximum atomic E-state index is 9.85. The van der Waals surface area contributed by atoms with Crippen LogP contribution in [0.15, 0.2) is 12.7 Å². The molecule has 3 heterocycles. The normalized spacial score (nSPS) is 31.1. The summed E-state index contributed by atoms with van der Waals surface area (Å²) in [4.78, 5) is 12.0. The standard InChI is InChI=1S/C10H12ClN5O3/c11-5-7(18)4(1-17)19-10(5)16-3-15-6-8(12)13-2-14-9(6)16/h2-5,7,10,17-18H,1H2,(H2,12,13,14)/t4?,5-,7?,10+/m0/s1. The number of rotatable bonds is 2. The Morgan fingerprint density at radius 1 is 1.42 bits per heavy atom. The zero-order chi connectivity index (χ0) is 13.6. The number of hydrogen-bond acceptors (Lipinski definition) is 7. The molecule has 0 aliphatic carbocycles. The third-order valence-corrected chi connectivity index (χ3v) is 3.61. The Morgan fingerprint density at radius 3 is 2.89 bits per heavy atom. The molecule has 3 rings (SSSR count). The first kappa shape index (κ1) is 12.5. The van der Waals surface area contributed by atoms with E-state index in [1.807, 2.05) is 0 Å². The van der Waals surface area contributed by atoms with E-state index in [-0.39, 0.29) is 12.4 Å². The Balaban J connectivity index is 2.04. The van der Waals surface area contributed by atoms with Crippen LogP contribution in [0.4, 0.5) is 5.82 Å². The molecule has 0 spiro atoms. The second-order valence-electron chi connectivity index (χ2n) is 4.27. The summed E-state index contributed by atoms with van der Waals surface area (Å²) in [7, 11) is 0. The highest BCUT2D eigenvalue weighted by atomic mass is 35.5. The average molecular weight is 286 g/mol. The molecule has 0 saturated carbocycles. The van der Waals surface area contributed by atoms with Gasteiger partial charge in [0.15, 0.2) is 17.7 Å². The molecule has 19 heavy (non-hydrogen) atoms. The van der Waals surface area contributed by atoms with Crippen molar-refractivity contribution in [2.24, 2.45) is 0 Å². The van der Waals surface area contributed by atoms with Gasteiger partial charge in [0.25, 0.3) is 0 Å². The maximum absolute atomic E-state index is 9.85. The monoisotopic (exact) mass is 285 g/mol. The predicted molar refractivity (Wildman–Crippen MR) is 66.4 cm³/mol. The Labute approximate surface area is 112 Å². The molecule has 0 radical (unpaired) electrons. The molecular formula is C10H12ClN5O3. The van der Waals surface area contributed by atoms with E-state index in [4.69, 9.17) is 27.2 Å². The van der Waals surface area contributed by atoms with E-state index in [0.717, 1.165) is 0 Å². The van der Waals surface area contributed by atoms with E-state index >= 15 is 0 Å². The first-order valence-electron chi connectivity index (χ1n) is 5.65. The molecular weight excluding hydrogens is 274 g/mol. The van der Waals surface area contributed by atoms with Gasteiger partial charge >= 0.3 is 0 Å². The second-order valence-corrected chi connectivity index (χ2v) is 4.77. The van der Waals surface area contributed by atoms with Gasteiger partial charge in [0, 0.05) is 0 Å². The predicted octanol–water partition coefficient (Wildman–Crippen LogP) is -0.734. The van der Waals surface area contributed by atoms with Crippen LogP contribution in [0.2, 0.25) is 0 Å². The zero-order valence-electron chi connectivity index (χ0n) is 9.72. The minimum Gasteiger partial charge on any atom is -0.394 e. The summed E-state index contributed by atoms with van der Waals surface area (Å²) in [6.07, 6.45) is 0.418. The number of fused-ring (bicyclic) bond motifs is 1. The van der Waals surface area contributed by atoms with Crippen LogP contribution in [-0.2, 0) is 4.74 Å². The fourth-order valence-electron chi connectivity index (χ4n) is 2.13. The van der Waals surface area contributed by atoms with Gasteiger partial charge in [0.05, 0.1) is 12.9 Å². The minimum atomic E-state index is -0.965. The van der Waals surface area contributed by atoms with Gasteiger partial charge in [-0.2, -0.15) is 0 Å². The van der Waals surface area contributed by atoms with Gasteiger partial charge in [-0.3, -0.25) is 4.57 Å². The number of ether oxygens (including phenoxy) is 1. The molecule has 4 N–H and O–H groups in total. The van der Waals surface area contributed by atoms with Crippen LogP contribution in [0.3, 0.4) is 0 Å². The molecule has 9 heteroatoms. The van der Waals surface area contributed by atoms with Crippen LogP contribution in [0.5, 0.6) is 0 Å². The lowest BCUT2D eigenvalue weighted by atomic mass is 10.2. The molecule has 0 amide bonds. The summed E-state index contributed by atoms with van der Waals surface area (Å²) in [6.45, 7) is -0.315. The summed E-state index contributed by atoms with van der Waals surface area (Å²) in [6, 6.07) is 0. The number of alkyl halides is 1. The number of hydrogen-bond donors (Lipinski definition) is 3. The quantitative estimate of drug-likeness (QED) is 0.622. The number of aliphatic hydroxyl groups excluding tert-OH is 2. The summed E-state index contributed by atoms with van der Waals surface area (Å²) in [5, 5.41) is 18.2. The van der Waals surface area contributed by atoms with E-state index < -0.39 is 23.8 Å². The van der Waals surface area contributed by atoms with E-state index in [0.29, 0.717) is 11.2 Å².